The van der Waals surface area contributed by atoms with E-state index in [2.05, 4.69) is 4.99 Å². The van der Waals surface area contributed by atoms with Crippen LogP contribution in [0.5, 0.6) is 0 Å². The van der Waals surface area contributed by atoms with Crippen molar-refractivity contribution >= 4 is 46.9 Å². The summed E-state index contributed by atoms with van der Waals surface area (Å²) in [5.41, 5.74) is 0. The number of hydrogen-bond acceptors (Lipinski definition) is 1. The van der Waals surface area contributed by atoms with Crippen LogP contribution in [0.1, 0.15) is 13.3 Å². The number of carbonyl (C=O) groups is 1. The highest BCUT2D eigenvalue weighted by atomic mass is 35.6. The van der Waals surface area contributed by atoms with Gasteiger partial charge in [-0.05, 0) is 0 Å². The Labute approximate surface area is 74.2 Å². The molecule has 0 saturated carbocycles. The van der Waals surface area contributed by atoms with E-state index in [9.17, 15) is 4.79 Å². The maximum atomic E-state index is 10.5. The molecule has 0 aromatic heterocycles. The molecule has 0 aliphatic heterocycles. The van der Waals surface area contributed by atoms with E-state index in [0.717, 1.165) is 6.21 Å². The van der Waals surface area contributed by atoms with Gasteiger partial charge in [0, 0.05) is 6.42 Å². The van der Waals surface area contributed by atoms with Gasteiger partial charge in [-0.1, -0.05) is 41.7 Å². The molecule has 58 valence electrons. The summed E-state index contributed by atoms with van der Waals surface area (Å²) in [5, 5.41) is 0. The van der Waals surface area contributed by atoms with Gasteiger partial charge in [-0.25, -0.2) is 4.99 Å². The zero-order valence-corrected chi connectivity index (χ0v) is 7.54. The van der Waals surface area contributed by atoms with Gasteiger partial charge in [0.25, 0.3) is 0 Å². The molecule has 0 unspecified atom stereocenters. The molecule has 0 aliphatic rings. The lowest BCUT2D eigenvalue weighted by molar-refractivity contribution is -0.117. The number of alkyl halides is 3. The van der Waals surface area contributed by atoms with Crippen LogP contribution in [0.2, 0.25) is 0 Å². The summed E-state index contributed by atoms with van der Waals surface area (Å²) in [6, 6.07) is 0. The smallest absolute Gasteiger partial charge is 0.245 e. The van der Waals surface area contributed by atoms with Crippen molar-refractivity contribution < 1.29 is 4.79 Å². The normalized spacial score (nSPS) is 12.4. The van der Waals surface area contributed by atoms with Gasteiger partial charge in [0.15, 0.2) is 0 Å². The molecule has 0 rings (SSSR count). The highest BCUT2D eigenvalue weighted by molar-refractivity contribution is 6.74. The molecule has 0 heterocycles. The largest absolute Gasteiger partial charge is 0.273 e. The van der Waals surface area contributed by atoms with E-state index in [1.165, 1.54) is 0 Å². The molecule has 0 fully saturated rings. The van der Waals surface area contributed by atoms with Gasteiger partial charge in [-0.3, -0.25) is 4.79 Å². The monoisotopic (exact) mass is 201 g/mol. The van der Waals surface area contributed by atoms with Crippen LogP contribution in [-0.2, 0) is 4.79 Å². The molecular formula is C5H6Cl3NO. The predicted molar refractivity (Wildman–Crippen MR) is 44.1 cm³/mol. The second kappa shape index (κ2) is 4.16. The highest BCUT2D eigenvalue weighted by Gasteiger charge is 2.15. The number of nitrogens with zero attached hydrogens (tertiary/aromatic N) is 1. The molecule has 10 heavy (non-hydrogen) atoms. The zero-order valence-electron chi connectivity index (χ0n) is 5.27. The zero-order chi connectivity index (χ0) is 8.20. The van der Waals surface area contributed by atoms with Gasteiger partial charge in [0.05, 0.1) is 6.21 Å². The van der Waals surface area contributed by atoms with E-state index in [4.69, 9.17) is 34.8 Å². The third-order valence-electron chi connectivity index (χ3n) is 0.657. The molecule has 0 aromatic rings. The molecule has 0 aliphatic carbocycles. The quantitative estimate of drug-likeness (QED) is 0.474. The molecule has 0 atom stereocenters. The summed E-state index contributed by atoms with van der Waals surface area (Å²) in [7, 11) is 0. The van der Waals surface area contributed by atoms with Crippen molar-refractivity contribution in [2.24, 2.45) is 4.99 Å². The summed E-state index contributed by atoms with van der Waals surface area (Å²) in [4.78, 5) is 13.8. The Balaban J connectivity index is 3.88. The van der Waals surface area contributed by atoms with E-state index in [1.807, 2.05) is 0 Å². The molecular weight excluding hydrogens is 196 g/mol. The van der Waals surface area contributed by atoms with E-state index < -0.39 is 3.79 Å². The van der Waals surface area contributed by atoms with Crippen molar-refractivity contribution in [2.45, 2.75) is 17.1 Å². The van der Waals surface area contributed by atoms with Gasteiger partial charge in [0.1, 0.15) is 0 Å². The molecule has 0 saturated heterocycles. The van der Waals surface area contributed by atoms with Crippen LogP contribution in [0.4, 0.5) is 0 Å². The van der Waals surface area contributed by atoms with Crippen LogP contribution >= 0.6 is 34.8 Å². The minimum atomic E-state index is -1.56. The molecule has 0 spiro atoms. The van der Waals surface area contributed by atoms with Crippen LogP contribution < -0.4 is 0 Å². The lowest BCUT2D eigenvalue weighted by Gasteiger charge is -1.99. The van der Waals surface area contributed by atoms with Crippen molar-refractivity contribution in [2.75, 3.05) is 0 Å². The van der Waals surface area contributed by atoms with Crippen molar-refractivity contribution in [1.29, 1.82) is 0 Å². The topological polar surface area (TPSA) is 29.4 Å². The molecule has 0 radical (unpaired) electrons. The summed E-state index contributed by atoms with van der Waals surface area (Å²) in [6.45, 7) is 1.68. The first-order chi connectivity index (χ1) is 4.45. The molecule has 0 bridgehead atoms. The summed E-state index contributed by atoms with van der Waals surface area (Å²) < 4.78 is -1.56. The fraction of sp³-hybridized carbons (Fsp3) is 0.600. The number of aliphatic imine (C=N–C) groups is 1. The first-order valence-electron chi connectivity index (χ1n) is 2.60. The average Bonchev–Trinajstić information content (AvgIpc) is 1.81. The Hall–Kier alpha value is 0.210. The number of halogens is 3. The van der Waals surface area contributed by atoms with Gasteiger partial charge < -0.3 is 0 Å². The second-order valence-electron chi connectivity index (χ2n) is 1.55. The lowest BCUT2D eigenvalue weighted by Crippen LogP contribution is -2.05. The Kier molecular flexibility index (Phi) is 4.25. The molecule has 0 N–H and O–H groups in total. The van der Waals surface area contributed by atoms with Crippen LogP contribution in [0.25, 0.3) is 0 Å². The van der Waals surface area contributed by atoms with E-state index >= 15 is 0 Å². The summed E-state index contributed by atoms with van der Waals surface area (Å²) >= 11 is 15.8. The minimum Gasteiger partial charge on any atom is -0.273 e. The van der Waals surface area contributed by atoms with E-state index in [0.29, 0.717) is 6.42 Å². The number of carbonyl (C=O) groups excluding carboxylic acids is 1. The Morgan fingerprint density at radius 3 is 2.40 bits per heavy atom. The third kappa shape index (κ3) is 6.33. The van der Waals surface area contributed by atoms with Crippen molar-refractivity contribution in [3.8, 4) is 0 Å². The fourth-order valence-electron chi connectivity index (χ4n) is 0.236. The Bertz CT molecular complexity index is 149. The van der Waals surface area contributed by atoms with Crippen LogP contribution in [-0.4, -0.2) is 15.9 Å². The molecule has 2 nitrogen and oxygen atoms in total. The minimum absolute atomic E-state index is 0.300. The van der Waals surface area contributed by atoms with Gasteiger partial charge in [-0.2, -0.15) is 0 Å². The Morgan fingerprint density at radius 2 is 2.10 bits per heavy atom. The second-order valence-corrected chi connectivity index (χ2v) is 3.92. The van der Waals surface area contributed by atoms with Gasteiger partial charge >= 0.3 is 0 Å². The predicted octanol–water partition coefficient (Wildman–Crippen LogP) is 2.36. The number of hydrogen-bond donors (Lipinski definition) is 0. The van der Waals surface area contributed by atoms with Crippen LogP contribution in [0.15, 0.2) is 4.99 Å². The average molecular weight is 202 g/mol. The van der Waals surface area contributed by atoms with Crippen LogP contribution in [0.3, 0.4) is 0 Å². The van der Waals surface area contributed by atoms with Crippen molar-refractivity contribution in [3.05, 3.63) is 0 Å². The van der Waals surface area contributed by atoms with Crippen LogP contribution in [0, 0.1) is 0 Å². The van der Waals surface area contributed by atoms with Crippen molar-refractivity contribution in [1.82, 2.24) is 0 Å². The van der Waals surface area contributed by atoms with Gasteiger partial charge in [0.2, 0.25) is 9.70 Å². The third-order valence-corrected chi connectivity index (χ3v) is 0.950. The molecule has 0 aromatic carbocycles. The summed E-state index contributed by atoms with van der Waals surface area (Å²) in [6.07, 6.45) is 1.31. The van der Waals surface area contributed by atoms with Gasteiger partial charge in [-0.15, -0.1) is 0 Å². The fourth-order valence-corrected chi connectivity index (χ4v) is 0.383. The maximum Gasteiger partial charge on any atom is 0.245 e. The van der Waals surface area contributed by atoms with E-state index in [1.54, 1.807) is 6.92 Å². The van der Waals surface area contributed by atoms with E-state index in [-0.39, 0.29) is 5.91 Å². The SMILES string of the molecule is CCC(=O)N=CC(Cl)(Cl)Cl. The number of rotatable bonds is 1. The molecule has 5 heteroatoms. The van der Waals surface area contributed by atoms with Crippen molar-refractivity contribution in [3.63, 3.8) is 0 Å². The standard InChI is InChI=1S/C5H6Cl3NO/c1-2-4(10)9-3-5(6,7)8/h3H,2H2,1H3. The first-order valence-corrected chi connectivity index (χ1v) is 3.74. The lowest BCUT2D eigenvalue weighted by atomic mass is 10.5. The summed E-state index contributed by atoms with van der Waals surface area (Å²) in [5.74, 6) is -0.300. The molecule has 1 amide bonds. The highest BCUT2D eigenvalue weighted by Crippen LogP contribution is 2.22. The maximum absolute atomic E-state index is 10.5. The first kappa shape index (κ1) is 10.2. The number of amides is 1. The Morgan fingerprint density at radius 1 is 1.60 bits per heavy atom.